The van der Waals surface area contributed by atoms with Crippen LogP contribution >= 0.6 is 0 Å². The zero-order chi connectivity index (χ0) is 12.1. The van der Waals surface area contributed by atoms with Gasteiger partial charge in [0.1, 0.15) is 0 Å². The van der Waals surface area contributed by atoms with E-state index >= 15 is 0 Å². The third-order valence-electron chi connectivity index (χ3n) is 2.57. The van der Waals surface area contributed by atoms with E-state index in [1.807, 2.05) is 6.07 Å². The van der Waals surface area contributed by atoms with Crippen LogP contribution in [0.15, 0.2) is 24.4 Å². The van der Waals surface area contributed by atoms with Gasteiger partial charge in [-0.15, -0.1) is 0 Å². The van der Waals surface area contributed by atoms with Gasteiger partial charge in [0.05, 0.1) is 11.7 Å². The predicted molar refractivity (Wildman–Crippen MR) is 64.7 cm³/mol. The minimum Gasteiger partial charge on any atom is -0.396 e. The smallest absolute Gasteiger partial charge is 0.251 e. The second-order valence-corrected chi connectivity index (χ2v) is 3.86. The number of aromatic nitrogens is 2. The van der Waals surface area contributed by atoms with Crippen LogP contribution in [0.2, 0.25) is 0 Å². The molecule has 1 amide bonds. The second-order valence-electron chi connectivity index (χ2n) is 3.86. The molecule has 0 aliphatic carbocycles. The average molecular weight is 233 g/mol. The Morgan fingerprint density at radius 3 is 3.12 bits per heavy atom. The van der Waals surface area contributed by atoms with Crippen LogP contribution in [0.25, 0.3) is 10.9 Å². The highest BCUT2D eigenvalue weighted by Crippen LogP contribution is 2.12. The molecule has 1 aromatic carbocycles. The Bertz CT molecular complexity index is 507. The lowest BCUT2D eigenvalue weighted by Crippen LogP contribution is -2.24. The molecule has 0 bridgehead atoms. The molecule has 5 nitrogen and oxygen atoms in total. The number of aromatic amines is 1. The van der Waals surface area contributed by atoms with E-state index in [0.717, 1.165) is 17.3 Å². The van der Waals surface area contributed by atoms with Gasteiger partial charge in [0, 0.05) is 24.1 Å². The number of hydrogen-bond acceptors (Lipinski definition) is 3. The Labute approximate surface area is 98.8 Å². The summed E-state index contributed by atoms with van der Waals surface area (Å²) in [4.78, 5) is 11.8. The maximum Gasteiger partial charge on any atom is 0.251 e. The Balaban J connectivity index is 1.98. The van der Waals surface area contributed by atoms with Crippen LogP contribution in [0.5, 0.6) is 0 Å². The van der Waals surface area contributed by atoms with Crippen molar-refractivity contribution in [1.82, 2.24) is 15.5 Å². The number of benzene rings is 1. The van der Waals surface area contributed by atoms with Crippen LogP contribution in [-0.4, -0.2) is 34.4 Å². The molecular weight excluding hydrogens is 218 g/mol. The second kappa shape index (κ2) is 5.45. The molecule has 5 heteroatoms. The summed E-state index contributed by atoms with van der Waals surface area (Å²) in [6.07, 6.45) is 3.21. The van der Waals surface area contributed by atoms with Crippen LogP contribution in [0.1, 0.15) is 23.2 Å². The summed E-state index contributed by atoms with van der Waals surface area (Å²) in [5, 5.41) is 19.1. The zero-order valence-corrected chi connectivity index (χ0v) is 9.44. The maximum absolute atomic E-state index is 11.8. The van der Waals surface area contributed by atoms with E-state index < -0.39 is 0 Å². The standard InChI is InChI=1S/C12H15N3O2/c16-6-2-1-5-13-12(17)9-3-4-10-8-14-15-11(10)7-9/h3-4,7-8,16H,1-2,5-6H2,(H,13,17)(H,14,15). The van der Waals surface area contributed by atoms with Crippen LogP contribution in [0.4, 0.5) is 0 Å². The van der Waals surface area contributed by atoms with Gasteiger partial charge in [-0.25, -0.2) is 0 Å². The van der Waals surface area contributed by atoms with Crippen LogP contribution < -0.4 is 5.32 Å². The molecule has 0 radical (unpaired) electrons. The maximum atomic E-state index is 11.8. The number of rotatable bonds is 5. The third-order valence-corrected chi connectivity index (χ3v) is 2.57. The third kappa shape index (κ3) is 2.82. The summed E-state index contributed by atoms with van der Waals surface area (Å²) in [5.74, 6) is -0.0977. The van der Waals surface area contributed by atoms with Crippen molar-refractivity contribution in [2.45, 2.75) is 12.8 Å². The number of hydrogen-bond donors (Lipinski definition) is 3. The summed E-state index contributed by atoms with van der Waals surface area (Å²) >= 11 is 0. The van der Waals surface area contributed by atoms with Crippen LogP contribution in [0, 0.1) is 0 Å². The van der Waals surface area contributed by atoms with Crippen molar-refractivity contribution in [3.05, 3.63) is 30.0 Å². The monoisotopic (exact) mass is 233 g/mol. The van der Waals surface area contributed by atoms with Crippen molar-refractivity contribution >= 4 is 16.8 Å². The van der Waals surface area contributed by atoms with Gasteiger partial charge >= 0.3 is 0 Å². The number of aliphatic hydroxyl groups is 1. The van der Waals surface area contributed by atoms with E-state index in [2.05, 4.69) is 15.5 Å². The van der Waals surface area contributed by atoms with Gasteiger partial charge in [-0.2, -0.15) is 5.10 Å². The Hall–Kier alpha value is -1.88. The summed E-state index contributed by atoms with van der Waals surface area (Å²) in [6, 6.07) is 5.42. The number of carbonyl (C=O) groups excluding carboxylic acids is 1. The number of fused-ring (bicyclic) bond motifs is 1. The van der Waals surface area contributed by atoms with Crippen molar-refractivity contribution in [2.24, 2.45) is 0 Å². The van der Waals surface area contributed by atoms with E-state index in [1.165, 1.54) is 0 Å². The molecule has 2 rings (SSSR count). The molecule has 0 saturated carbocycles. The SMILES string of the molecule is O=C(NCCCCO)c1ccc2cn[nH]c2c1. The average Bonchev–Trinajstić information content (AvgIpc) is 2.81. The number of carbonyl (C=O) groups is 1. The first-order valence-corrected chi connectivity index (χ1v) is 5.63. The largest absolute Gasteiger partial charge is 0.396 e. The minimum absolute atomic E-state index is 0.0977. The number of amides is 1. The van der Waals surface area contributed by atoms with Crippen molar-refractivity contribution < 1.29 is 9.90 Å². The molecule has 1 aromatic heterocycles. The molecule has 17 heavy (non-hydrogen) atoms. The highest BCUT2D eigenvalue weighted by Gasteiger charge is 2.06. The van der Waals surface area contributed by atoms with Gasteiger partial charge in [-0.3, -0.25) is 9.89 Å². The Morgan fingerprint density at radius 2 is 2.29 bits per heavy atom. The fourth-order valence-electron chi connectivity index (χ4n) is 1.62. The highest BCUT2D eigenvalue weighted by molar-refractivity contribution is 5.97. The predicted octanol–water partition coefficient (Wildman–Crippen LogP) is 1.07. The van der Waals surface area contributed by atoms with Gasteiger partial charge in [-0.05, 0) is 25.0 Å². The Kier molecular flexibility index (Phi) is 3.72. The normalized spacial score (nSPS) is 10.6. The fraction of sp³-hybridized carbons (Fsp3) is 0.333. The van der Waals surface area contributed by atoms with Crippen molar-refractivity contribution in [3.8, 4) is 0 Å². The zero-order valence-electron chi connectivity index (χ0n) is 9.44. The van der Waals surface area contributed by atoms with Gasteiger partial charge in [0.2, 0.25) is 0 Å². The van der Waals surface area contributed by atoms with E-state index in [-0.39, 0.29) is 12.5 Å². The molecule has 0 spiro atoms. The number of nitrogens with zero attached hydrogens (tertiary/aromatic N) is 1. The molecule has 0 fully saturated rings. The summed E-state index contributed by atoms with van der Waals surface area (Å²) in [7, 11) is 0. The number of H-pyrrole nitrogens is 1. The van der Waals surface area contributed by atoms with Crippen LogP contribution in [0.3, 0.4) is 0 Å². The van der Waals surface area contributed by atoms with E-state index in [1.54, 1.807) is 18.3 Å². The number of aliphatic hydroxyl groups excluding tert-OH is 1. The lowest BCUT2D eigenvalue weighted by molar-refractivity contribution is 0.0952. The van der Waals surface area contributed by atoms with E-state index in [4.69, 9.17) is 5.11 Å². The van der Waals surface area contributed by atoms with Gasteiger partial charge in [0.25, 0.3) is 5.91 Å². The molecular formula is C12H15N3O2. The summed E-state index contributed by atoms with van der Waals surface area (Å²) < 4.78 is 0. The van der Waals surface area contributed by atoms with Gasteiger partial charge in [0.15, 0.2) is 0 Å². The number of unbranched alkanes of at least 4 members (excludes halogenated alkanes) is 1. The molecule has 0 aliphatic heterocycles. The first-order chi connectivity index (χ1) is 8.31. The molecule has 90 valence electrons. The van der Waals surface area contributed by atoms with Crippen molar-refractivity contribution in [2.75, 3.05) is 13.2 Å². The fourth-order valence-corrected chi connectivity index (χ4v) is 1.62. The van der Waals surface area contributed by atoms with Gasteiger partial charge < -0.3 is 10.4 Å². The van der Waals surface area contributed by atoms with E-state index in [9.17, 15) is 4.79 Å². The number of nitrogens with one attached hydrogen (secondary N) is 2. The quantitative estimate of drug-likeness (QED) is 0.676. The van der Waals surface area contributed by atoms with Crippen molar-refractivity contribution in [3.63, 3.8) is 0 Å². The highest BCUT2D eigenvalue weighted by atomic mass is 16.2. The first kappa shape index (κ1) is 11.6. The molecule has 0 aliphatic rings. The summed E-state index contributed by atoms with van der Waals surface area (Å²) in [6.45, 7) is 0.746. The molecule has 0 saturated heterocycles. The van der Waals surface area contributed by atoms with Gasteiger partial charge in [-0.1, -0.05) is 6.07 Å². The van der Waals surface area contributed by atoms with Crippen molar-refractivity contribution in [1.29, 1.82) is 0 Å². The Morgan fingerprint density at radius 1 is 1.41 bits per heavy atom. The first-order valence-electron chi connectivity index (χ1n) is 5.63. The lowest BCUT2D eigenvalue weighted by Gasteiger charge is -2.04. The molecule has 1 heterocycles. The molecule has 0 unspecified atom stereocenters. The summed E-state index contributed by atoms with van der Waals surface area (Å²) in [5.41, 5.74) is 1.47. The van der Waals surface area contributed by atoms with E-state index in [0.29, 0.717) is 18.5 Å². The lowest BCUT2D eigenvalue weighted by atomic mass is 10.1. The molecule has 2 aromatic rings. The minimum atomic E-state index is -0.0977. The molecule has 3 N–H and O–H groups in total. The topological polar surface area (TPSA) is 78.0 Å². The molecule has 0 atom stereocenters. The van der Waals surface area contributed by atoms with Crippen LogP contribution in [-0.2, 0) is 0 Å².